The van der Waals surface area contributed by atoms with Gasteiger partial charge >= 0.3 is 5.97 Å². The van der Waals surface area contributed by atoms with Crippen molar-refractivity contribution in [2.24, 2.45) is 10.9 Å². The van der Waals surface area contributed by atoms with E-state index >= 15 is 0 Å². The van der Waals surface area contributed by atoms with Crippen LogP contribution in [-0.2, 0) is 9.53 Å². The monoisotopic (exact) mass is 376 g/mol. The van der Waals surface area contributed by atoms with Gasteiger partial charge in [-0.2, -0.15) is 5.26 Å². The summed E-state index contributed by atoms with van der Waals surface area (Å²) >= 11 is 7.83. The summed E-state index contributed by atoms with van der Waals surface area (Å²) < 4.78 is 5.31. The largest absolute Gasteiger partial charge is 0.465 e. The Labute approximate surface area is 157 Å². The van der Waals surface area contributed by atoms with E-state index in [9.17, 15) is 10.1 Å². The second kappa shape index (κ2) is 9.07. The summed E-state index contributed by atoms with van der Waals surface area (Å²) in [6, 6.07) is 9.59. The summed E-state index contributed by atoms with van der Waals surface area (Å²) in [7, 11) is 0. The number of hydrogen-bond acceptors (Lipinski definition) is 5. The van der Waals surface area contributed by atoms with Crippen molar-refractivity contribution in [3.8, 4) is 6.07 Å². The molecule has 6 heteroatoms. The van der Waals surface area contributed by atoms with Crippen molar-refractivity contribution >= 4 is 35.0 Å². The molecule has 1 aromatic rings. The smallest absolute Gasteiger partial charge is 0.315 e. The number of carbonyl (C=O) groups is 1. The molecule has 1 heterocycles. The molecular formula is C19H21ClN2O2S. The first-order valence-corrected chi connectivity index (χ1v) is 9.85. The van der Waals surface area contributed by atoms with E-state index in [2.05, 4.69) is 11.1 Å². The molecule has 1 unspecified atom stereocenters. The van der Waals surface area contributed by atoms with Crippen LogP contribution in [0.4, 0.5) is 0 Å². The molecule has 132 valence electrons. The molecule has 1 aliphatic rings. The number of ether oxygens (including phenoxy) is 1. The van der Waals surface area contributed by atoms with E-state index in [1.165, 1.54) is 11.8 Å². The molecule has 1 aromatic carbocycles. The molecule has 2 atom stereocenters. The predicted octanol–water partition coefficient (Wildman–Crippen LogP) is 4.96. The number of carbonyl (C=O) groups excluding carboxylic acids is 1. The van der Waals surface area contributed by atoms with Crippen LogP contribution in [0.15, 0.2) is 39.9 Å². The van der Waals surface area contributed by atoms with Gasteiger partial charge in [0, 0.05) is 16.7 Å². The minimum atomic E-state index is -0.620. The summed E-state index contributed by atoms with van der Waals surface area (Å²) in [4.78, 5) is 17.4. The molecular weight excluding hydrogens is 356 g/mol. The van der Waals surface area contributed by atoms with Crippen molar-refractivity contribution in [3.63, 3.8) is 0 Å². The topological polar surface area (TPSA) is 62.5 Å². The van der Waals surface area contributed by atoms with Crippen molar-refractivity contribution in [3.05, 3.63) is 45.5 Å². The molecule has 4 nitrogen and oxygen atoms in total. The standard InChI is InChI=1S/C19H21ClN2O2S/c1-4-8-15-17(19(23)24-5-2)16(12-9-6-7-10-14(12)20)13(11-21)18(22-15)25-3/h6-7,9-10,16-17H,4-5,8H2,1-3H3/t16-,17?/m1/s1. The third-order valence-electron chi connectivity index (χ3n) is 4.08. The Kier molecular flexibility index (Phi) is 7.10. The molecule has 0 amide bonds. The third kappa shape index (κ3) is 4.08. The Morgan fingerprint density at radius 2 is 2.12 bits per heavy atom. The van der Waals surface area contributed by atoms with Gasteiger partial charge in [-0.15, -0.1) is 11.8 Å². The molecule has 2 rings (SSSR count). The fourth-order valence-electron chi connectivity index (χ4n) is 3.06. The average molecular weight is 377 g/mol. The fourth-order valence-corrected chi connectivity index (χ4v) is 3.91. The molecule has 0 aromatic heterocycles. The first-order valence-electron chi connectivity index (χ1n) is 8.25. The first kappa shape index (κ1) is 19.6. The molecule has 25 heavy (non-hydrogen) atoms. The van der Waals surface area contributed by atoms with Crippen LogP contribution in [0.3, 0.4) is 0 Å². The summed E-state index contributed by atoms with van der Waals surface area (Å²) in [5.74, 6) is -1.45. The normalized spacial score (nSPS) is 20.0. The summed E-state index contributed by atoms with van der Waals surface area (Å²) in [6.07, 6.45) is 3.41. The second-order valence-corrected chi connectivity index (χ2v) is 6.82. The van der Waals surface area contributed by atoms with Crippen LogP contribution in [0, 0.1) is 17.2 Å². The van der Waals surface area contributed by atoms with Crippen molar-refractivity contribution in [1.82, 2.24) is 0 Å². The van der Waals surface area contributed by atoms with Gasteiger partial charge in [0.1, 0.15) is 10.9 Å². The number of nitrogens with zero attached hydrogens (tertiary/aromatic N) is 2. The lowest BCUT2D eigenvalue weighted by Crippen LogP contribution is -2.35. The molecule has 1 aliphatic heterocycles. The van der Waals surface area contributed by atoms with Crippen molar-refractivity contribution < 1.29 is 9.53 Å². The van der Waals surface area contributed by atoms with Crippen LogP contribution in [0.25, 0.3) is 0 Å². The zero-order valence-electron chi connectivity index (χ0n) is 14.6. The number of thioether (sulfide) groups is 1. The lowest BCUT2D eigenvalue weighted by molar-refractivity contribution is -0.146. The van der Waals surface area contributed by atoms with Gasteiger partial charge in [0.05, 0.1) is 18.2 Å². The van der Waals surface area contributed by atoms with Gasteiger partial charge in [-0.3, -0.25) is 4.79 Å². The fraction of sp³-hybridized carbons (Fsp3) is 0.421. The highest BCUT2D eigenvalue weighted by molar-refractivity contribution is 8.02. The number of benzene rings is 1. The maximum Gasteiger partial charge on any atom is 0.315 e. The molecule has 0 bridgehead atoms. The van der Waals surface area contributed by atoms with Crippen molar-refractivity contribution in [1.29, 1.82) is 5.26 Å². The highest BCUT2D eigenvalue weighted by Gasteiger charge is 2.42. The number of nitriles is 1. The van der Waals surface area contributed by atoms with Crippen LogP contribution in [0.2, 0.25) is 5.02 Å². The molecule has 0 N–H and O–H groups in total. The van der Waals surface area contributed by atoms with E-state index in [0.717, 1.165) is 17.7 Å². The SMILES string of the molecule is CCCC1=NC(SC)=C(C#N)[C@@H](c2ccccc2Cl)C1C(=O)OCC. The predicted molar refractivity (Wildman–Crippen MR) is 103 cm³/mol. The number of rotatable bonds is 6. The lowest BCUT2D eigenvalue weighted by atomic mass is 9.76. The Morgan fingerprint density at radius 3 is 2.68 bits per heavy atom. The van der Waals surface area contributed by atoms with Crippen molar-refractivity contribution in [2.45, 2.75) is 32.6 Å². The molecule has 0 aliphatic carbocycles. The van der Waals surface area contributed by atoms with Gasteiger partial charge < -0.3 is 4.74 Å². The van der Waals surface area contributed by atoms with E-state index in [1.54, 1.807) is 13.0 Å². The summed E-state index contributed by atoms with van der Waals surface area (Å²) in [5.41, 5.74) is 1.99. The van der Waals surface area contributed by atoms with Crippen LogP contribution in [0.1, 0.15) is 38.2 Å². The van der Waals surface area contributed by atoms with Gasteiger partial charge in [-0.1, -0.05) is 43.1 Å². The minimum Gasteiger partial charge on any atom is -0.465 e. The third-order valence-corrected chi connectivity index (χ3v) is 5.12. The lowest BCUT2D eigenvalue weighted by Gasteiger charge is -2.31. The second-order valence-electron chi connectivity index (χ2n) is 5.62. The molecule has 0 saturated heterocycles. The highest BCUT2D eigenvalue weighted by Crippen LogP contribution is 2.44. The highest BCUT2D eigenvalue weighted by atomic mass is 35.5. The molecule has 0 radical (unpaired) electrons. The Balaban J connectivity index is 2.69. The zero-order valence-corrected chi connectivity index (χ0v) is 16.2. The Morgan fingerprint density at radius 1 is 1.40 bits per heavy atom. The van der Waals surface area contributed by atoms with E-state index in [-0.39, 0.29) is 12.6 Å². The number of allylic oxidation sites excluding steroid dienone is 1. The molecule has 0 saturated carbocycles. The van der Waals surface area contributed by atoms with Gasteiger partial charge in [-0.25, -0.2) is 4.99 Å². The first-order chi connectivity index (χ1) is 12.1. The zero-order chi connectivity index (χ0) is 18.4. The van der Waals surface area contributed by atoms with Gasteiger partial charge in [0.2, 0.25) is 0 Å². The van der Waals surface area contributed by atoms with E-state index in [4.69, 9.17) is 16.3 Å². The summed E-state index contributed by atoms with van der Waals surface area (Å²) in [6.45, 7) is 4.10. The Hall–Kier alpha value is -1.77. The maximum atomic E-state index is 12.7. The number of halogens is 1. The van der Waals surface area contributed by atoms with Crippen LogP contribution in [0.5, 0.6) is 0 Å². The number of hydrogen-bond donors (Lipinski definition) is 0. The summed E-state index contributed by atoms with van der Waals surface area (Å²) in [5, 5.41) is 11.0. The van der Waals surface area contributed by atoms with E-state index in [1.807, 2.05) is 31.4 Å². The van der Waals surface area contributed by atoms with E-state index in [0.29, 0.717) is 22.0 Å². The van der Waals surface area contributed by atoms with E-state index < -0.39 is 11.8 Å². The quantitative estimate of drug-likeness (QED) is 0.658. The maximum absolute atomic E-state index is 12.7. The van der Waals surface area contributed by atoms with Gasteiger partial charge in [0.15, 0.2) is 0 Å². The van der Waals surface area contributed by atoms with Crippen molar-refractivity contribution in [2.75, 3.05) is 12.9 Å². The minimum absolute atomic E-state index is 0.283. The van der Waals surface area contributed by atoms with Crippen LogP contribution < -0.4 is 0 Å². The number of esters is 1. The van der Waals surface area contributed by atoms with Gasteiger partial charge in [-0.05, 0) is 31.2 Å². The number of aliphatic imine (C=N–C) groups is 1. The Bertz CT molecular complexity index is 752. The molecule has 0 spiro atoms. The van der Waals surface area contributed by atoms with Crippen LogP contribution in [-0.4, -0.2) is 24.5 Å². The van der Waals surface area contributed by atoms with Gasteiger partial charge in [0.25, 0.3) is 0 Å². The van der Waals surface area contributed by atoms with Crippen LogP contribution >= 0.6 is 23.4 Å². The molecule has 0 fully saturated rings. The average Bonchev–Trinajstić information content (AvgIpc) is 2.61.